The van der Waals surface area contributed by atoms with Crippen LogP contribution in [0.1, 0.15) is 5.89 Å². The van der Waals surface area contributed by atoms with Gasteiger partial charge in [0.2, 0.25) is 0 Å². The lowest BCUT2D eigenvalue weighted by molar-refractivity contribution is 0.265. The Bertz CT molecular complexity index is 458. The van der Waals surface area contributed by atoms with Crippen LogP contribution < -0.4 is 10.5 Å². The number of aromatic nitrogens is 2. The molecule has 2 rings (SSSR count). The van der Waals surface area contributed by atoms with Crippen LogP contribution in [-0.2, 0) is 6.61 Å². The minimum atomic E-state index is 0.0275. The molecule has 0 aliphatic rings. The van der Waals surface area contributed by atoms with Crippen LogP contribution in [0.15, 0.2) is 28.7 Å². The van der Waals surface area contributed by atoms with E-state index in [4.69, 9.17) is 26.5 Å². The lowest BCUT2D eigenvalue weighted by Crippen LogP contribution is -1.95. The number of nitrogens with two attached hydrogens (primary N) is 1. The van der Waals surface area contributed by atoms with E-state index in [2.05, 4.69) is 10.2 Å². The van der Waals surface area contributed by atoms with Crippen molar-refractivity contribution in [3.05, 3.63) is 35.2 Å². The van der Waals surface area contributed by atoms with Crippen molar-refractivity contribution in [2.45, 2.75) is 6.61 Å². The minimum Gasteiger partial charge on any atom is -0.484 e. The average Bonchev–Trinajstić information content (AvgIpc) is 2.62. The first-order valence-electron chi connectivity index (χ1n) is 4.20. The molecule has 1 aromatic heterocycles. The van der Waals surface area contributed by atoms with Crippen LogP contribution in [0.2, 0.25) is 5.02 Å². The molecule has 2 N–H and O–H groups in total. The van der Waals surface area contributed by atoms with Crippen LogP contribution in [0.4, 0.5) is 6.01 Å². The maximum Gasteiger partial charge on any atom is 0.312 e. The molecule has 0 aliphatic carbocycles. The molecule has 1 heterocycles. The van der Waals surface area contributed by atoms with E-state index < -0.39 is 0 Å². The van der Waals surface area contributed by atoms with Crippen molar-refractivity contribution in [2.24, 2.45) is 0 Å². The third-order valence-corrected chi connectivity index (χ3v) is 1.88. The van der Waals surface area contributed by atoms with E-state index in [1.54, 1.807) is 24.3 Å². The molecule has 15 heavy (non-hydrogen) atoms. The molecule has 1 aromatic carbocycles. The van der Waals surface area contributed by atoms with E-state index in [0.717, 1.165) is 0 Å². The summed E-state index contributed by atoms with van der Waals surface area (Å²) in [5.74, 6) is 0.965. The van der Waals surface area contributed by atoms with E-state index in [-0.39, 0.29) is 12.6 Å². The molecule has 2 aromatic rings. The van der Waals surface area contributed by atoms with Crippen molar-refractivity contribution < 1.29 is 9.15 Å². The Morgan fingerprint density at radius 3 is 2.93 bits per heavy atom. The molecule has 0 amide bonds. The summed E-state index contributed by atoms with van der Waals surface area (Å²) >= 11 is 5.78. The molecule has 0 unspecified atom stereocenters. The fourth-order valence-electron chi connectivity index (χ4n) is 1.03. The summed E-state index contributed by atoms with van der Waals surface area (Å²) in [6, 6.07) is 7.06. The van der Waals surface area contributed by atoms with Crippen LogP contribution in [0.3, 0.4) is 0 Å². The van der Waals surface area contributed by atoms with Crippen LogP contribution in [0.5, 0.6) is 5.75 Å². The van der Waals surface area contributed by atoms with Gasteiger partial charge in [-0.15, -0.1) is 5.10 Å². The van der Waals surface area contributed by atoms with Crippen LogP contribution in [0, 0.1) is 0 Å². The van der Waals surface area contributed by atoms with Gasteiger partial charge in [-0.05, 0) is 18.2 Å². The summed E-state index contributed by atoms with van der Waals surface area (Å²) in [4.78, 5) is 0. The van der Waals surface area contributed by atoms with Crippen LogP contribution >= 0.6 is 11.6 Å². The van der Waals surface area contributed by atoms with Crippen LogP contribution in [0.25, 0.3) is 0 Å². The lowest BCUT2D eigenvalue weighted by atomic mass is 10.3. The number of hydrogen-bond acceptors (Lipinski definition) is 5. The highest BCUT2D eigenvalue weighted by molar-refractivity contribution is 6.30. The van der Waals surface area contributed by atoms with Gasteiger partial charge in [0, 0.05) is 5.02 Å². The van der Waals surface area contributed by atoms with Gasteiger partial charge in [0.15, 0.2) is 6.61 Å². The summed E-state index contributed by atoms with van der Waals surface area (Å²) in [5, 5.41) is 7.76. The van der Waals surface area contributed by atoms with Gasteiger partial charge >= 0.3 is 6.01 Å². The van der Waals surface area contributed by atoms with E-state index in [1.807, 2.05) is 0 Å². The SMILES string of the molecule is Nc1nnc(COc2cccc(Cl)c2)o1. The zero-order chi connectivity index (χ0) is 10.7. The van der Waals surface area contributed by atoms with Crippen LogP contribution in [-0.4, -0.2) is 10.2 Å². The van der Waals surface area contributed by atoms with E-state index >= 15 is 0 Å². The topological polar surface area (TPSA) is 74.2 Å². The zero-order valence-electron chi connectivity index (χ0n) is 7.68. The van der Waals surface area contributed by atoms with Crippen molar-refractivity contribution in [1.82, 2.24) is 10.2 Å². The quantitative estimate of drug-likeness (QED) is 0.863. The Hall–Kier alpha value is -1.75. The summed E-state index contributed by atoms with van der Waals surface area (Å²) in [6.45, 7) is 0.171. The second-order valence-corrected chi connectivity index (χ2v) is 3.22. The molecule has 0 radical (unpaired) electrons. The third kappa shape index (κ3) is 2.60. The summed E-state index contributed by atoms with van der Waals surface area (Å²) in [5.41, 5.74) is 5.25. The lowest BCUT2D eigenvalue weighted by Gasteiger charge is -2.02. The Kier molecular flexibility index (Phi) is 2.73. The van der Waals surface area contributed by atoms with Crippen molar-refractivity contribution >= 4 is 17.6 Å². The minimum absolute atomic E-state index is 0.0275. The van der Waals surface area contributed by atoms with Gasteiger partial charge in [-0.1, -0.05) is 22.8 Å². The molecule has 0 saturated heterocycles. The molecule has 0 bridgehead atoms. The molecule has 0 atom stereocenters. The first-order valence-corrected chi connectivity index (χ1v) is 4.58. The van der Waals surface area contributed by atoms with Gasteiger partial charge in [0.1, 0.15) is 5.75 Å². The van der Waals surface area contributed by atoms with Crippen molar-refractivity contribution in [1.29, 1.82) is 0 Å². The molecule has 78 valence electrons. The number of halogens is 1. The van der Waals surface area contributed by atoms with Gasteiger partial charge < -0.3 is 14.9 Å². The van der Waals surface area contributed by atoms with Crippen molar-refractivity contribution in [2.75, 3.05) is 5.73 Å². The Labute approximate surface area is 90.8 Å². The molecular formula is C9H8ClN3O2. The summed E-state index contributed by atoms with van der Waals surface area (Å²) < 4.78 is 10.3. The molecule has 6 heteroatoms. The highest BCUT2D eigenvalue weighted by Crippen LogP contribution is 2.18. The van der Waals surface area contributed by atoms with Gasteiger partial charge in [0.05, 0.1) is 0 Å². The van der Waals surface area contributed by atoms with Gasteiger partial charge in [0.25, 0.3) is 5.89 Å². The highest BCUT2D eigenvalue weighted by Gasteiger charge is 2.03. The Balaban J connectivity index is 1.99. The zero-order valence-corrected chi connectivity index (χ0v) is 8.44. The number of anilines is 1. The molecule has 0 fully saturated rings. The highest BCUT2D eigenvalue weighted by atomic mass is 35.5. The number of benzene rings is 1. The van der Waals surface area contributed by atoms with Crippen molar-refractivity contribution in [3.8, 4) is 5.75 Å². The standard InChI is InChI=1S/C9H8ClN3O2/c10-6-2-1-3-7(4-6)14-5-8-12-13-9(11)15-8/h1-4H,5H2,(H2,11,13). The first kappa shape index (κ1) is 9.79. The Morgan fingerprint density at radius 2 is 2.27 bits per heavy atom. The smallest absolute Gasteiger partial charge is 0.312 e. The molecule has 0 aliphatic heterocycles. The van der Waals surface area contributed by atoms with E-state index in [9.17, 15) is 0 Å². The maximum atomic E-state index is 5.78. The first-order chi connectivity index (χ1) is 7.24. The van der Waals surface area contributed by atoms with Crippen molar-refractivity contribution in [3.63, 3.8) is 0 Å². The number of nitrogen functional groups attached to an aromatic ring is 1. The molecular weight excluding hydrogens is 218 g/mol. The van der Waals surface area contributed by atoms with E-state index in [0.29, 0.717) is 16.7 Å². The number of nitrogens with zero attached hydrogens (tertiary/aromatic N) is 2. The normalized spacial score (nSPS) is 10.2. The fourth-order valence-corrected chi connectivity index (χ4v) is 1.21. The second-order valence-electron chi connectivity index (χ2n) is 2.78. The fraction of sp³-hybridized carbons (Fsp3) is 0.111. The summed E-state index contributed by atoms with van der Waals surface area (Å²) in [7, 11) is 0. The predicted octanol–water partition coefficient (Wildman–Crippen LogP) is 1.88. The van der Waals surface area contributed by atoms with Gasteiger partial charge in [-0.25, -0.2) is 0 Å². The largest absolute Gasteiger partial charge is 0.484 e. The average molecular weight is 226 g/mol. The van der Waals surface area contributed by atoms with E-state index in [1.165, 1.54) is 0 Å². The maximum absolute atomic E-state index is 5.78. The van der Waals surface area contributed by atoms with Gasteiger partial charge in [-0.2, -0.15) is 0 Å². The third-order valence-electron chi connectivity index (χ3n) is 1.64. The monoisotopic (exact) mass is 225 g/mol. The summed E-state index contributed by atoms with van der Waals surface area (Å²) in [6.07, 6.45) is 0. The molecule has 0 spiro atoms. The molecule has 5 nitrogen and oxygen atoms in total. The number of hydrogen-bond donors (Lipinski definition) is 1. The predicted molar refractivity (Wildman–Crippen MR) is 54.5 cm³/mol. The van der Waals surface area contributed by atoms with Gasteiger partial charge in [-0.3, -0.25) is 0 Å². The number of rotatable bonds is 3. The Morgan fingerprint density at radius 1 is 1.40 bits per heavy atom. The molecule has 0 saturated carbocycles. The second kappa shape index (κ2) is 4.18. The number of ether oxygens (including phenoxy) is 1.